The number of hydrogen-bond acceptors (Lipinski definition) is 3. The third-order valence-electron chi connectivity index (χ3n) is 4.14. The van der Waals surface area contributed by atoms with Crippen LogP contribution in [0.25, 0.3) is 0 Å². The van der Waals surface area contributed by atoms with Crippen molar-refractivity contribution in [1.29, 1.82) is 0 Å². The van der Waals surface area contributed by atoms with Gasteiger partial charge in [0.15, 0.2) is 5.96 Å². The SMILES string of the molecule is CN=C(NCc1ccc(CN(C)C)cc1)NCC1(C)CCCS1. The minimum atomic E-state index is 0.353. The molecule has 1 saturated heterocycles. The summed E-state index contributed by atoms with van der Waals surface area (Å²) in [6, 6.07) is 8.77. The van der Waals surface area contributed by atoms with Crippen LogP contribution in [0.3, 0.4) is 0 Å². The first-order valence-electron chi connectivity index (χ1n) is 8.32. The Bertz CT molecular complexity index is 504. The number of thioether (sulfide) groups is 1. The lowest BCUT2D eigenvalue weighted by atomic mass is 10.1. The van der Waals surface area contributed by atoms with Gasteiger partial charge < -0.3 is 15.5 Å². The van der Waals surface area contributed by atoms with Gasteiger partial charge in [-0.1, -0.05) is 24.3 Å². The molecule has 1 unspecified atom stereocenters. The monoisotopic (exact) mass is 334 g/mol. The maximum absolute atomic E-state index is 4.33. The van der Waals surface area contributed by atoms with Gasteiger partial charge in [-0.15, -0.1) is 0 Å². The lowest BCUT2D eigenvalue weighted by Crippen LogP contribution is -2.43. The molecule has 0 aromatic heterocycles. The lowest BCUT2D eigenvalue weighted by molar-refractivity contribution is 0.402. The van der Waals surface area contributed by atoms with E-state index in [1.807, 2.05) is 7.05 Å². The Morgan fingerprint density at radius 2 is 1.91 bits per heavy atom. The molecular weight excluding hydrogens is 304 g/mol. The van der Waals surface area contributed by atoms with Gasteiger partial charge in [0, 0.05) is 31.4 Å². The van der Waals surface area contributed by atoms with E-state index in [2.05, 4.69) is 77.6 Å². The summed E-state index contributed by atoms with van der Waals surface area (Å²) in [5, 5.41) is 6.88. The molecule has 2 rings (SSSR count). The summed E-state index contributed by atoms with van der Waals surface area (Å²) in [4.78, 5) is 6.51. The molecule has 4 nitrogen and oxygen atoms in total. The summed E-state index contributed by atoms with van der Waals surface area (Å²) in [6.45, 7) is 5.09. The van der Waals surface area contributed by atoms with Gasteiger partial charge >= 0.3 is 0 Å². The fourth-order valence-electron chi connectivity index (χ4n) is 2.78. The van der Waals surface area contributed by atoms with Gasteiger partial charge in [0.1, 0.15) is 0 Å². The first-order valence-corrected chi connectivity index (χ1v) is 9.30. The van der Waals surface area contributed by atoms with Crippen LogP contribution in [-0.4, -0.2) is 49.0 Å². The lowest BCUT2D eigenvalue weighted by Gasteiger charge is -2.24. The van der Waals surface area contributed by atoms with Crippen LogP contribution in [0.4, 0.5) is 0 Å². The van der Waals surface area contributed by atoms with E-state index in [1.54, 1.807) is 0 Å². The van der Waals surface area contributed by atoms with E-state index in [0.717, 1.165) is 25.6 Å². The van der Waals surface area contributed by atoms with Crippen molar-refractivity contribution in [3.8, 4) is 0 Å². The number of nitrogens with one attached hydrogen (secondary N) is 2. The van der Waals surface area contributed by atoms with Gasteiger partial charge in [-0.25, -0.2) is 0 Å². The summed E-state index contributed by atoms with van der Waals surface area (Å²) < 4.78 is 0.353. The predicted molar refractivity (Wildman–Crippen MR) is 102 cm³/mol. The Labute approximate surface area is 145 Å². The molecule has 0 radical (unpaired) electrons. The first-order chi connectivity index (χ1) is 11.0. The number of nitrogens with zero attached hydrogens (tertiary/aromatic N) is 2. The molecule has 0 spiro atoms. The number of aliphatic imine (C=N–C) groups is 1. The summed E-state index contributed by atoms with van der Waals surface area (Å²) in [7, 11) is 6.02. The molecule has 0 bridgehead atoms. The molecule has 0 aliphatic carbocycles. The minimum absolute atomic E-state index is 0.353. The van der Waals surface area contributed by atoms with Gasteiger partial charge in [-0.2, -0.15) is 11.8 Å². The molecule has 5 heteroatoms. The molecule has 0 saturated carbocycles. The Kier molecular flexibility index (Phi) is 6.78. The topological polar surface area (TPSA) is 39.7 Å². The Hall–Kier alpha value is -1.20. The average Bonchev–Trinajstić information content (AvgIpc) is 2.95. The van der Waals surface area contributed by atoms with Crippen molar-refractivity contribution in [1.82, 2.24) is 15.5 Å². The van der Waals surface area contributed by atoms with E-state index < -0.39 is 0 Å². The van der Waals surface area contributed by atoms with E-state index in [1.165, 1.54) is 29.7 Å². The van der Waals surface area contributed by atoms with Gasteiger partial charge in [0.25, 0.3) is 0 Å². The summed E-state index contributed by atoms with van der Waals surface area (Å²) in [5.41, 5.74) is 2.62. The zero-order chi connectivity index (χ0) is 16.7. The quantitative estimate of drug-likeness (QED) is 0.620. The highest BCUT2D eigenvalue weighted by Gasteiger charge is 2.29. The van der Waals surface area contributed by atoms with E-state index >= 15 is 0 Å². The van der Waals surface area contributed by atoms with Crippen molar-refractivity contribution in [3.05, 3.63) is 35.4 Å². The third-order valence-corrected chi connectivity index (χ3v) is 5.67. The molecule has 1 aliphatic heterocycles. The van der Waals surface area contributed by atoms with Crippen molar-refractivity contribution < 1.29 is 0 Å². The third kappa shape index (κ3) is 6.07. The second kappa shape index (κ2) is 8.60. The predicted octanol–water partition coefficient (Wildman–Crippen LogP) is 2.70. The van der Waals surface area contributed by atoms with E-state index in [4.69, 9.17) is 0 Å². The Morgan fingerprint density at radius 1 is 1.22 bits per heavy atom. The van der Waals surface area contributed by atoms with Crippen LogP contribution < -0.4 is 10.6 Å². The van der Waals surface area contributed by atoms with Crippen molar-refractivity contribution in [2.24, 2.45) is 4.99 Å². The molecule has 1 fully saturated rings. The second-order valence-electron chi connectivity index (χ2n) is 6.74. The van der Waals surface area contributed by atoms with Crippen molar-refractivity contribution in [2.45, 2.75) is 37.6 Å². The standard InChI is InChI=1S/C18H30N4S/c1-18(10-5-11-23-18)14-21-17(19-2)20-12-15-6-8-16(9-7-15)13-22(3)4/h6-9H,5,10-14H2,1-4H3,(H2,19,20,21). The van der Waals surface area contributed by atoms with Crippen molar-refractivity contribution in [2.75, 3.05) is 33.4 Å². The highest BCUT2D eigenvalue weighted by Crippen LogP contribution is 2.36. The Balaban J connectivity index is 1.78. The maximum Gasteiger partial charge on any atom is 0.191 e. The van der Waals surface area contributed by atoms with Crippen LogP contribution >= 0.6 is 11.8 Å². The number of guanidine groups is 1. The van der Waals surface area contributed by atoms with E-state index in [9.17, 15) is 0 Å². The molecule has 23 heavy (non-hydrogen) atoms. The average molecular weight is 335 g/mol. The van der Waals surface area contributed by atoms with Crippen LogP contribution in [0.1, 0.15) is 30.9 Å². The molecule has 2 N–H and O–H groups in total. The molecule has 1 atom stereocenters. The zero-order valence-electron chi connectivity index (χ0n) is 14.9. The molecule has 0 amide bonds. The smallest absolute Gasteiger partial charge is 0.191 e. The van der Waals surface area contributed by atoms with Crippen LogP contribution in [0.2, 0.25) is 0 Å². The van der Waals surface area contributed by atoms with Crippen LogP contribution in [0.5, 0.6) is 0 Å². The van der Waals surface area contributed by atoms with Crippen molar-refractivity contribution >= 4 is 17.7 Å². The fraction of sp³-hybridized carbons (Fsp3) is 0.611. The van der Waals surface area contributed by atoms with Gasteiger partial charge in [-0.3, -0.25) is 4.99 Å². The summed E-state index contributed by atoms with van der Waals surface area (Å²) in [6.07, 6.45) is 2.61. The highest BCUT2D eigenvalue weighted by molar-refractivity contribution is 8.00. The molecule has 1 aromatic carbocycles. The van der Waals surface area contributed by atoms with Crippen LogP contribution in [0, 0.1) is 0 Å². The van der Waals surface area contributed by atoms with E-state index in [0.29, 0.717) is 4.75 Å². The molecular formula is C18H30N4S. The van der Waals surface area contributed by atoms with Crippen LogP contribution in [-0.2, 0) is 13.1 Å². The number of benzene rings is 1. The maximum atomic E-state index is 4.33. The fourth-order valence-corrected chi connectivity index (χ4v) is 4.03. The number of rotatable bonds is 6. The van der Waals surface area contributed by atoms with Crippen LogP contribution in [0.15, 0.2) is 29.3 Å². The largest absolute Gasteiger partial charge is 0.355 e. The molecule has 1 heterocycles. The van der Waals surface area contributed by atoms with Crippen molar-refractivity contribution in [3.63, 3.8) is 0 Å². The molecule has 128 valence electrons. The first kappa shape index (κ1) is 18.1. The highest BCUT2D eigenvalue weighted by atomic mass is 32.2. The molecule has 1 aliphatic rings. The van der Waals surface area contributed by atoms with Gasteiger partial charge in [0.05, 0.1) is 0 Å². The number of hydrogen-bond donors (Lipinski definition) is 2. The zero-order valence-corrected chi connectivity index (χ0v) is 15.7. The van der Waals surface area contributed by atoms with E-state index in [-0.39, 0.29) is 0 Å². The Morgan fingerprint density at radius 3 is 2.48 bits per heavy atom. The molecule has 1 aromatic rings. The summed E-state index contributed by atoms with van der Waals surface area (Å²) in [5.74, 6) is 2.17. The van der Waals surface area contributed by atoms with Gasteiger partial charge in [-0.05, 0) is 50.7 Å². The minimum Gasteiger partial charge on any atom is -0.355 e. The normalized spacial score (nSPS) is 21.7. The van der Waals surface area contributed by atoms with Gasteiger partial charge in [0.2, 0.25) is 0 Å². The summed E-state index contributed by atoms with van der Waals surface area (Å²) >= 11 is 2.07. The second-order valence-corrected chi connectivity index (χ2v) is 8.42.